The SMILES string of the molecule is Cc1cc(C)cc(N(CC(=O)NN=C2CCCCCCC2)S(=O)(=O)c2ccccc2)c1. The first-order valence-corrected chi connectivity index (χ1v) is 12.3. The smallest absolute Gasteiger partial charge is 0.264 e. The average molecular weight is 442 g/mol. The second kappa shape index (κ2) is 10.6. The summed E-state index contributed by atoms with van der Waals surface area (Å²) in [4.78, 5) is 12.9. The molecule has 1 fully saturated rings. The Bertz CT molecular complexity index is 1000. The lowest BCUT2D eigenvalue weighted by Crippen LogP contribution is -2.40. The molecular weight excluding hydrogens is 410 g/mol. The van der Waals surface area contributed by atoms with E-state index in [9.17, 15) is 13.2 Å². The lowest BCUT2D eigenvalue weighted by Gasteiger charge is -2.24. The number of amides is 1. The number of nitrogens with zero attached hydrogens (tertiary/aromatic N) is 2. The molecule has 2 aromatic rings. The molecule has 166 valence electrons. The van der Waals surface area contributed by atoms with E-state index in [1.165, 1.54) is 31.4 Å². The van der Waals surface area contributed by atoms with E-state index in [-0.39, 0.29) is 11.4 Å². The minimum absolute atomic E-state index is 0.147. The number of carbonyl (C=O) groups is 1. The van der Waals surface area contributed by atoms with E-state index in [2.05, 4.69) is 10.5 Å². The van der Waals surface area contributed by atoms with E-state index in [1.807, 2.05) is 19.9 Å². The Morgan fingerprint density at radius 3 is 2.13 bits per heavy atom. The first-order valence-electron chi connectivity index (χ1n) is 10.9. The molecule has 0 aromatic heterocycles. The standard InChI is InChI=1S/C24H31N3O3S/c1-19-15-20(2)17-22(16-19)27(31(29,30)23-13-9-6-10-14-23)18-24(28)26-25-21-11-7-4-3-5-8-12-21/h6,9-10,13-17H,3-5,7-8,11-12,18H2,1-2H3,(H,26,28). The quantitative estimate of drug-likeness (QED) is 0.659. The van der Waals surface area contributed by atoms with Gasteiger partial charge in [0.05, 0.1) is 10.6 Å². The van der Waals surface area contributed by atoms with Crippen LogP contribution in [-0.4, -0.2) is 26.6 Å². The fraction of sp³-hybridized carbons (Fsp3) is 0.417. The Balaban J connectivity index is 1.85. The van der Waals surface area contributed by atoms with Gasteiger partial charge in [-0.15, -0.1) is 0 Å². The summed E-state index contributed by atoms with van der Waals surface area (Å²) in [6.45, 7) is 3.48. The summed E-state index contributed by atoms with van der Waals surface area (Å²) in [5, 5.41) is 4.32. The number of hydrogen-bond acceptors (Lipinski definition) is 4. The fourth-order valence-corrected chi connectivity index (χ4v) is 5.29. The molecule has 6 nitrogen and oxygen atoms in total. The molecular formula is C24H31N3O3S. The number of sulfonamides is 1. The third-order valence-corrected chi connectivity index (χ3v) is 7.17. The van der Waals surface area contributed by atoms with Crippen molar-refractivity contribution in [3.8, 4) is 0 Å². The molecule has 1 N–H and O–H groups in total. The van der Waals surface area contributed by atoms with Gasteiger partial charge in [0.1, 0.15) is 6.54 Å². The Labute approximate surface area is 185 Å². The largest absolute Gasteiger partial charge is 0.271 e. The number of rotatable bonds is 6. The number of hydrazone groups is 1. The molecule has 7 heteroatoms. The summed E-state index contributed by atoms with van der Waals surface area (Å²) in [6.07, 6.45) is 7.53. The van der Waals surface area contributed by atoms with Crippen molar-refractivity contribution in [1.82, 2.24) is 5.43 Å². The molecule has 0 radical (unpaired) electrons. The van der Waals surface area contributed by atoms with Gasteiger partial charge in [-0.1, -0.05) is 43.5 Å². The van der Waals surface area contributed by atoms with Crippen molar-refractivity contribution >= 4 is 27.3 Å². The Morgan fingerprint density at radius 1 is 0.935 bits per heavy atom. The maximum Gasteiger partial charge on any atom is 0.264 e. The van der Waals surface area contributed by atoms with Crippen LogP contribution in [-0.2, 0) is 14.8 Å². The zero-order chi connectivity index (χ0) is 22.3. The number of carbonyl (C=O) groups excluding carboxylic acids is 1. The predicted octanol–water partition coefficient (Wildman–Crippen LogP) is 4.72. The van der Waals surface area contributed by atoms with Crippen LogP contribution in [0, 0.1) is 13.8 Å². The third-order valence-electron chi connectivity index (χ3n) is 5.38. The van der Waals surface area contributed by atoms with Crippen LogP contribution in [0.3, 0.4) is 0 Å². The Kier molecular flexibility index (Phi) is 7.85. The van der Waals surface area contributed by atoms with Gasteiger partial charge in [0.2, 0.25) is 0 Å². The van der Waals surface area contributed by atoms with Gasteiger partial charge in [0, 0.05) is 5.71 Å². The van der Waals surface area contributed by atoms with Crippen LogP contribution in [0.15, 0.2) is 58.5 Å². The van der Waals surface area contributed by atoms with Crippen LogP contribution in [0.1, 0.15) is 56.1 Å². The maximum atomic E-state index is 13.4. The number of nitrogens with one attached hydrogen (secondary N) is 1. The molecule has 0 saturated heterocycles. The van der Waals surface area contributed by atoms with Gasteiger partial charge in [-0.3, -0.25) is 9.10 Å². The molecule has 0 spiro atoms. The normalized spacial score (nSPS) is 15.0. The number of aryl methyl sites for hydroxylation is 2. The second-order valence-corrected chi connectivity index (χ2v) is 10.0. The summed E-state index contributed by atoms with van der Waals surface area (Å²) in [5.41, 5.74) is 5.91. The molecule has 0 aliphatic heterocycles. The summed E-state index contributed by atoms with van der Waals surface area (Å²) in [7, 11) is -3.91. The first-order chi connectivity index (χ1) is 14.9. The number of hydrogen-bond donors (Lipinski definition) is 1. The van der Waals surface area contributed by atoms with Gasteiger partial charge in [0.15, 0.2) is 0 Å². The van der Waals surface area contributed by atoms with Crippen LogP contribution in [0.5, 0.6) is 0 Å². The van der Waals surface area contributed by atoms with Gasteiger partial charge in [-0.05, 0) is 74.9 Å². The lowest BCUT2D eigenvalue weighted by atomic mass is 9.99. The van der Waals surface area contributed by atoms with E-state index in [0.29, 0.717) is 5.69 Å². The highest BCUT2D eigenvalue weighted by Gasteiger charge is 2.27. The summed E-state index contributed by atoms with van der Waals surface area (Å²) in [6, 6.07) is 13.7. The van der Waals surface area contributed by atoms with Crippen LogP contribution in [0.25, 0.3) is 0 Å². The van der Waals surface area contributed by atoms with Gasteiger partial charge < -0.3 is 0 Å². The Hall–Kier alpha value is -2.67. The summed E-state index contributed by atoms with van der Waals surface area (Å²) in [5.74, 6) is -0.451. The second-order valence-electron chi connectivity index (χ2n) is 8.15. The molecule has 1 amide bonds. The molecule has 31 heavy (non-hydrogen) atoms. The van der Waals surface area contributed by atoms with Crippen molar-refractivity contribution < 1.29 is 13.2 Å². The fourth-order valence-electron chi connectivity index (χ4n) is 3.86. The van der Waals surface area contributed by atoms with E-state index in [0.717, 1.165) is 46.8 Å². The molecule has 0 bridgehead atoms. The zero-order valence-electron chi connectivity index (χ0n) is 18.3. The number of anilines is 1. The topological polar surface area (TPSA) is 78.8 Å². The zero-order valence-corrected chi connectivity index (χ0v) is 19.1. The molecule has 0 heterocycles. The highest BCUT2D eigenvalue weighted by molar-refractivity contribution is 7.92. The third kappa shape index (κ3) is 6.40. The highest BCUT2D eigenvalue weighted by atomic mass is 32.2. The first kappa shape index (κ1) is 23.0. The Morgan fingerprint density at radius 2 is 1.52 bits per heavy atom. The minimum Gasteiger partial charge on any atom is -0.271 e. The van der Waals surface area contributed by atoms with Gasteiger partial charge in [-0.25, -0.2) is 13.8 Å². The molecule has 0 atom stereocenters. The van der Waals surface area contributed by atoms with Crippen LogP contribution in [0.4, 0.5) is 5.69 Å². The van der Waals surface area contributed by atoms with Crippen molar-refractivity contribution in [3.05, 3.63) is 59.7 Å². The molecule has 1 saturated carbocycles. The van der Waals surface area contributed by atoms with E-state index in [4.69, 9.17) is 0 Å². The summed E-state index contributed by atoms with van der Waals surface area (Å²) < 4.78 is 27.9. The van der Waals surface area contributed by atoms with Crippen LogP contribution in [0.2, 0.25) is 0 Å². The molecule has 1 aliphatic rings. The maximum absolute atomic E-state index is 13.4. The molecule has 3 rings (SSSR count). The van der Waals surface area contributed by atoms with Crippen molar-refractivity contribution in [2.45, 2.75) is 63.7 Å². The van der Waals surface area contributed by atoms with Crippen molar-refractivity contribution in [1.29, 1.82) is 0 Å². The lowest BCUT2D eigenvalue weighted by molar-refractivity contribution is -0.119. The average Bonchev–Trinajstić information content (AvgIpc) is 2.71. The van der Waals surface area contributed by atoms with Gasteiger partial charge >= 0.3 is 0 Å². The summed E-state index contributed by atoms with van der Waals surface area (Å²) >= 11 is 0. The molecule has 1 aliphatic carbocycles. The number of benzene rings is 2. The van der Waals surface area contributed by atoms with E-state index in [1.54, 1.807) is 30.3 Å². The minimum atomic E-state index is -3.91. The highest BCUT2D eigenvalue weighted by Crippen LogP contribution is 2.25. The van der Waals surface area contributed by atoms with Crippen LogP contribution >= 0.6 is 0 Å². The monoisotopic (exact) mass is 441 g/mol. The van der Waals surface area contributed by atoms with Crippen molar-refractivity contribution in [2.24, 2.45) is 5.10 Å². The van der Waals surface area contributed by atoms with Gasteiger partial charge in [-0.2, -0.15) is 5.10 Å². The predicted molar refractivity (Wildman–Crippen MR) is 125 cm³/mol. The molecule has 0 unspecified atom stereocenters. The van der Waals surface area contributed by atoms with Gasteiger partial charge in [0.25, 0.3) is 15.9 Å². The van der Waals surface area contributed by atoms with Crippen LogP contribution < -0.4 is 9.73 Å². The molecule has 2 aromatic carbocycles. The van der Waals surface area contributed by atoms with Crippen molar-refractivity contribution in [3.63, 3.8) is 0 Å². The van der Waals surface area contributed by atoms with Crippen molar-refractivity contribution in [2.75, 3.05) is 10.8 Å². The van der Waals surface area contributed by atoms with E-state index < -0.39 is 15.9 Å². The van der Waals surface area contributed by atoms with E-state index >= 15 is 0 Å².